The van der Waals surface area contributed by atoms with Gasteiger partial charge < -0.3 is 10.2 Å². The van der Waals surface area contributed by atoms with Gasteiger partial charge in [0.25, 0.3) is 0 Å². The molecule has 0 amide bonds. The molecule has 0 aliphatic carbocycles. The maximum absolute atomic E-state index is 12.9. The quantitative estimate of drug-likeness (QED) is 0.924. The molecular formula is C14H13F3N4. The summed E-state index contributed by atoms with van der Waals surface area (Å²) in [7, 11) is 1.53. The average molecular weight is 294 g/mol. The van der Waals surface area contributed by atoms with Gasteiger partial charge in [-0.3, -0.25) is 0 Å². The highest BCUT2D eigenvalue weighted by molar-refractivity contribution is 5.53. The molecule has 0 bridgehead atoms. The van der Waals surface area contributed by atoms with Crippen LogP contribution in [0.3, 0.4) is 0 Å². The van der Waals surface area contributed by atoms with Crippen molar-refractivity contribution in [3.8, 4) is 0 Å². The second kappa shape index (κ2) is 4.91. The van der Waals surface area contributed by atoms with Crippen LogP contribution in [0.25, 0.3) is 0 Å². The van der Waals surface area contributed by atoms with Gasteiger partial charge in [0.15, 0.2) is 0 Å². The lowest BCUT2D eigenvalue weighted by atomic mass is 10.1. The van der Waals surface area contributed by atoms with Crippen molar-refractivity contribution in [2.24, 2.45) is 0 Å². The van der Waals surface area contributed by atoms with E-state index in [-0.39, 0.29) is 11.6 Å². The smallest absolute Gasteiger partial charge is 0.373 e. The summed E-state index contributed by atoms with van der Waals surface area (Å²) in [5.74, 6) is -0.693. The Morgan fingerprint density at radius 2 is 1.71 bits per heavy atom. The lowest BCUT2D eigenvalue weighted by Gasteiger charge is -2.18. The van der Waals surface area contributed by atoms with Gasteiger partial charge in [0.2, 0.25) is 5.82 Å². The van der Waals surface area contributed by atoms with E-state index in [4.69, 9.17) is 0 Å². The summed E-state index contributed by atoms with van der Waals surface area (Å²) in [6, 6.07) is 9.31. The van der Waals surface area contributed by atoms with Crippen molar-refractivity contribution in [1.82, 2.24) is 9.97 Å². The Labute approximate surface area is 119 Å². The number of hydrogen-bond donors (Lipinski definition) is 1. The third-order valence-corrected chi connectivity index (χ3v) is 3.39. The third kappa shape index (κ3) is 2.63. The van der Waals surface area contributed by atoms with Crippen molar-refractivity contribution in [3.63, 3.8) is 0 Å². The second-order valence-electron chi connectivity index (χ2n) is 4.81. The first-order valence-corrected chi connectivity index (χ1v) is 6.43. The highest BCUT2D eigenvalue weighted by atomic mass is 19.4. The summed E-state index contributed by atoms with van der Waals surface area (Å²) in [4.78, 5) is 8.95. The summed E-state index contributed by atoms with van der Waals surface area (Å²) in [5, 5.41) is 2.65. The fourth-order valence-corrected chi connectivity index (χ4v) is 2.35. The van der Waals surface area contributed by atoms with E-state index in [9.17, 15) is 13.2 Å². The Morgan fingerprint density at radius 3 is 2.24 bits per heavy atom. The number of halogens is 3. The van der Waals surface area contributed by atoms with E-state index >= 15 is 0 Å². The van der Waals surface area contributed by atoms with E-state index in [2.05, 4.69) is 15.3 Å². The molecule has 1 N–H and O–H groups in total. The molecule has 1 aromatic carbocycles. The summed E-state index contributed by atoms with van der Waals surface area (Å²) in [6.45, 7) is 1.10. The molecule has 0 saturated carbocycles. The number of aromatic nitrogens is 2. The van der Waals surface area contributed by atoms with E-state index in [0.717, 1.165) is 11.1 Å². The minimum Gasteiger partial charge on any atom is -0.373 e. The van der Waals surface area contributed by atoms with Crippen LogP contribution in [0.1, 0.15) is 17.0 Å². The standard InChI is InChI=1S/C14H13F3N4/c1-18-11-6-12(20-13(19-11)14(15,16)17)21-7-9-4-2-3-5-10(9)8-21/h2-6H,7-8H2,1H3,(H,18,19,20). The van der Waals surface area contributed by atoms with Gasteiger partial charge in [-0.1, -0.05) is 24.3 Å². The molecule has 0 unspecified atom stereocenters. The number of alkyl halides is 3. The van der Waals surface area contributed by atoms with Gasteiger partial charge >= 0.3 is 6.18 Å². The predicted octanol–water partition coefficient (Wildman–Crippen LogP) is 3.06. The van der Waals surface area contributed by atoms with Crippen molar-refractivity contribution in [3.05, 3.63) is 47.3 Å². The van der Waals surface area contributed by atoms with Crippen LogP contribution in [0.15, 0.2) is 30.3 Å². The van der Waals surface area contributed by atoms with E-state index in [1.807, 2.05) is 29.2 Å². The highest BCUT2D eigenvalue weighted by Gasteiger charge is 2.36. The molecule has 1 aromatic heterocycles. The second-order valence-corrected chi connectivity index (χ2v) is 4.81. The van der Waals surface area contributed by atoms with Crippen LogP contribution < -0.4 is 10.2 Å². The molecule has 21 heavy (non-hydrogen) atoms. The molecule has 110 valence electrons. The normalized spacial score (nSPS) is 14.2. The largest absolute Gasteiger partial charge is 0.451 e. The maximum Gasteiger partial charge on any atom is 0.451 e. The molecule has 2 aromatic rings. The van der Waals surface area contributed by atoms with Crippen molar-refractivity contribution in [2.45, 2.75) is 19.3 Å². The first-order chi connectivity index (χ1) is 9.97. The summed E-state index contributed by atoms with van der Waals surface area (Å²) in [6.07, 6.45) is -4.56. The Hall–Kier alpha value is -2.31. The van der Waals surface area contributed by atoms with Crippen molar-refractivity contribution < 1.29 is 13.2 Å². The number of hydrogen-bond acceptors (Lipinski definition) is 4. The average Bonchev–Trinajstić information content (AvgIpc) is 2.89. The van der Waals surface area contributed by atoms with Gasteiger partial charge in [0.1, 0.15) is 11.6 Å². The Morgan fingerprint density at radius 1 is 1.10 bits per heavy atom. The van der Waals surface area contributed by atoms with Crippen molar-refractivity contribution >= 4 is 11.6 Å². The molecular weight excluding hydrogens is 281 g/mol. The minimum atomic E-state index is -4.56. The number of fused-ring (bicyclic) bond motifs is 1. The third-order valence-electron chi connectivity index (χ3n) is 3.39. The lowest BCUT2D eigenvalue weighted by molar-refractivity contribution is -0.144. The Bertz CT molecular complexity index is 645. The van der Waals surface area contributed by atoms with Crippen LogP contribution in [0, 0.1) is 0 Å². The van der Waals surface area contributed by atoms with Gasteiger partial charge in [-0.25, -0.2) is 9.97 Å². The van der Waals surface area contributed by atoms with Gasteiger partial charge in [0.05, 0.1) is 0 Å². The van der Waals surface area contributed by atoms with E-state index in [1.165, 1.54) is 13.1 Å². The molecule has 1 aliphatic rings. The van der Waals surface area contributed by atoms with Crippen molar-refractivity contribution in [2.75, 3.05) is 17.3 Å². The number of benzene rings is 1. The van der Waals surface area contributed by atoms with Crippen LogP contribution in [0.4, 0.5) is 24.8 Å². The first-order valence-electron chi connectivity index (χ1n) is 6.43. The van der Waals surface area contributed by atoms with Gasteiger partial charge in [0, 0.05) is 26.2 Å². The molecule has 1 aliphatic heterocycles. The molecule has 0 radical (unpaired) electrons. The molecule has 0 atom stereocenters. The SMILES string of the molecule is CNc1cc(N2Cc3ccccc3C2)nc(C(F)(F)F)n1. The topological polar surface area (TPSA) is 41.0 Å². The van der Waals surface area contributed by atoms with Gasteiger partial charge in [-0.2, -0.15) is 13.2 Å². The fourth-order valence-electron chi connectivity index (χ4n) is 2.35. The van der Waals surface area contributed by atoms with Gasteiger partial charge in [-0.05, 0) is 11.1 Å². The van der Waals surface area contributed by atoms with Crippen LogP contribution in [-0.2, 0) is 19.3 Å². The molecule has 7 heteroatoms. The van der Waals surface area contributed by atoms with Crippen LogP contribution in [0.2, 0.25) is 0 Å². The van der Waals surface area contributed by atoms with Crippen molar-refractivity contribution in [1.29, 1.82) is 0 Å². The summed E-state index contributed by atoms with van der Waals surface area (Å²) < 4.78 is 38.6. The molecule has 3 rings (SSSR count). The van der Waals surface area contributed by atoms with E-state index in [1.54, 1.807) is 0 Å². The van der Waals surface area contributed by atoms with E-state index in [0.29, 0.717) is 13.1 Å². The monoisotopic (exact) mass is 294 g/mol. The van der Waals surface area contributed by atoms with E-state index < -0.39 is 12.0 Å². The number of anilines is 2. The Balaban J connectivity index is 1.97. The number of rotatable bonds is 2. The predicted molar refractivity (Wildman–Crippen MR) is 72.9 cm³/mol. The lowest BCUT2D eigenvalue weighted by Crippen LogP contribution is -2.20. The highest BCUT2D eigenvalue weighted by Crippen LogP contribution is 2.32. The molecule has 4 nitrogen and oxygen atoms in total. The molecule has 0 saturated heterocycles. The molecule has 0 spiro atoms. The summed E-state index contributed by atoms with van der Waals surface area (Å²) >= 11 is 0. The fraction of sp³-hybridized carbons (Fsp3) is 0.286. The molecule has 0 fully saturated rings. The first kappa shape index (κ1) is 13.7. The molecule has 2 heterocycles. The summed E-state index contributed by atoms with van der Waals surface area (Å²) in [5.41, 5.74) is 2.21. The van der Waals surface area contributed by atoms with Crippen LogP contribution in [0.5, 0.6) is 0 Å². The Kier molecular flexibility index (Phi) is 3.19. The zero-order chi connectivity index (χ0) is 15.0. The maximum atomic E-state index is 12.9. The number of nitrogens with one attached hydrogen (secondary N) is 1. The van der Waals surface area contributed by atoms with Crippen LogP contribution >= 0.6 is 0 Å². The number of nitrogens with zero attached hydrogens (tertiary/aromatic N) is 3. The van der Waals surface area contributed by atoms with Crippen LogP contribution in [-0.4, -0.2) is 17.0 Å². The minimum absolute atomic E-state index is 0.156. The zero-order valence-corrected chi connectivity index (χ0v) is 11.3. The zero-order valence-electron chi connectivity index (χ0n) is 11.3. The van der Waals surface area contributed by atoms with Gasteiger partial charge in [-0.15, -0.1) is 0 Å².